The fourth-order valence-corrected chi connectivity index (χ4v) is 3.86. The number of rotatable bonds is 4. The summed E-state index contributed by atoms with van der Waals surface area (Å²) in [6.45, 7) is 3.63. The summed E-state index contributed by atoms with van der Waals surface area (Å²) in [7, 11) is 0. The van der Waals surface area contributed by atoms with Crippen molar-refractivity contribution >= 4 is 11.3 Å². The van der Waals surface area contributed by atoms with Gasteiger partial charge in [0.2, 0.25) is 0 Å². The van der Waals surface area contributed by atoms with Gasteiger partial charge < -0.3 is 5.32 Å². The highest BCUT2D eigenvalue weighted by atomic mass is 32.1. The van der Waals surface area contributed by atoms with E-state index in [1.165, 1.54) is 30.2 Å². The monoisotopic (exact) mass is 275 g/mol. The fraction of sp³-hybridized carbons (Fsp3) is 0.375. The van der Waals surface area contributed by atoms with Crippen molar-refractivity contribution in [3.63, 3.8) is 0 Å². The van der Waals surface area contributed by atoms with E-state index in [0.29, 0.717) is 0 Å². The number of fused-ring (bicyclic) bond motifs is 1. The summed E-state index contributed by atoms with van der Waals surface area (Å²) in [5.41, 5.74) is 3.73. The van der Waals surface area contributed by atoms with E-state index in [2.05, 4.69) is 11.4 Å². The molecule has 1 aromatic heterocycles. The summed E-state index contributed by atoms with van der Waals surface area (Å²) in [4.78, 5) is 2.97. The number of benzene rings is 1. The number of aryl methyl sites for hydroxylation is 3. The highest BCUT2D eigenvalue weighted by Gasteiger charge is 2.14. The van der Waals surface area contributed by atoms with Gasteiger partial charge in [-0.15, -0.1) is 11.3 Å². The fourth-order valence-electron chi connectivity index (χ4n) is 2.63. The molecule has 3 rings (SSSR count). The van der Waals surface area contributed by atoms with Gasteiger partial charge >= 0.3 is 0 Å². The molecule has 0 radical (unpaired) electrons. The smallest absolute Gasteiger partial charge is 0.123 e. The van der Waals surface area contributed by atoms with E-state index in [1.54, 1.807) is 16.5 Å². The van der Waals surface area contributed by atoms with Crippen molar-refractivity contribution in [3.8, 4) is 0 Å². The van der Waals surface area contributed by atoms with Gasteiger partial charge in [-0.05, 0) is 61.1 Å². The topological polar surface area (TPSA) is 12.0 Å². The number of nitrogens with one attached hydrogen (secondary N) is 1. The third kappa shape index (κ3) is 2.88. The molecule has 1 aliphatic rings. The van der Waals surface area contributed by atoms with Gasteiger partial charge in [0.1, 0.15) is 5.82 Å². The van der Waals surface area contributed by atoms with Gasteiger partial charge in [0.05, 0.1) is 0 Å². The molecule has 0 saturated carbocycles. The van der Waals surface area contributed by atoms with Crippen molar-refractivity contribution in [1.82, 2.24) is 5.32 Å². The molecule has 0 bridgehead atoms. The largest absolute Gasteiger partial charge is 0.308 e. The summed E-state index contributed by atoms with van der Waals surface area (Å²) in [5.74, 6) is -0.155. The molecule has 2 aromatic rings. The van der Waals surface area contributed by atoms with Crippen LogP contribution < -0.4 is 5.32 Å². The molecule has 0 amide bonds. The highest BCUT2D eigenvalue weighted by molar-refractivity contribution is 7.12. The van der Waals surface area contributed by atoms with E-state index in [0.717, 1.165) is 24.2 Å². The van der Waals surface area contributed by atoms with Crippen molar-refractivity contribution in [3.05, 3.63) is 56.5 Å². The summed E-state index contributed by atoms with van der Waals surface area (Å²) in [6.07, 6.45) is 3.81. The van der Waals surface area contributed by atoms with Crippen LogP contribution in [-0.4, -0.2) is 0 Å². The minimum absolute atomic E-state index is 0.155. The quantitative estimate of drug-likeness (QED) is 0.890. The Morgan fingerprint density at radius 1 is 1.21 bits per heavy atom. The molecule has 1 heterocycles. The molecule has 1 nitrogen and oxygen atoms in total. The normalized spacial score (nSPS) is 13.8. The first-order valence-electron chi connectivity index (χ1n) is 6.78. The van der Waals surface area contributed by atoms with Gasteiger partial charge in [-0.2, -0.15) is 0 Å². The van der Waals surface area contributed by atoms with E-state index in [-0.39, 0.29) is 5.82 Å². The first-order valence-corrected chi connectivity index (χ1v) is 7.60. The summed E-state index contributed by atoms with van der Waals surface area (Å²) in [5, 5.41) is 3.42. The Hall–Kier alpha value is -1.19. The first-order chi connectivity index (χ1) is 9.22. The van der Waals surface area contributed by atoms with Crippen LogP contribution in [0.2, 0.25) is 0 Å². The lowest BCUT2D eigenvalue weighted by atomic mass is 10.1. The Balaban J connectivity index is 1.59. The van der Waals surface area contributed by atoms with E-state index in [4.69, 9.17) is 0 Å². The van der Waals surface area contributed by atoms with Crippen LogP contribution in [0.4, 0.5) is 4.39 Å². The van der Waals surface area contributed by atoms with E-state index in [1.807, 2.05) is 24.3 Å². The molecule has 3 heteroatoms. The number of thiophene rings is 1. The lowest BCUT2D eigenvalue weighted by Crippen LogP contribution is -2.12. The van der Waals surface area contributed by atoms with Crippen LogP contribution in [0.25, 0.3) is 0 Å². The molecule has 0 fully saturated rings. The van der Waals surface area contributed by atoms with Gasteiger partial charge in [0.25, 0.3) is 0 Å². The molecule has 1 aromatic carbocycles. The molecular weight excluding hydrogens is 257 g/mol. The zero-order valence-corrected chi connectivity index (χ0v) is 11.9. The van der Waals surface area contributed by atoms with Crippen LogP contribution in [0.15, 0.2) is 24.3 Å². The van der Waals surface area contributed by atoms with Crippen molar-refractivity contribution in [2.45, 2.75) is 39.3 Å². The predicted octanol–water partition coefficient (Wildman–Crippen LogP) is 3.97. The molecule has 0 unspecified atom stereocenters. The minimum Gasteiger partial charge on any atom is -0.308 e. The van der Waals surface area contributed by atoms with E-state index >= 15 is 0 Å². The second-order valence-electron chi connectivity index (χ2n) is 5.19. The van der Waals surface area contributed by atoms with Crippen LogP contribution in [0.3, 0.4) is 0 Å². The van der Waals surface area contributed by atoms with Crippen LogP contribution in [0.5, 0.6) is 0 Å². The second-order valence-corrected chi connectivity index (χ2v) is 6.41. The molecule has 1 aliphatic carbocycles. The Kier molecular flexibility index (Phi) is 3.67. The molecule has 0 spiro atoms. The highest BCUT2D eigenvalue weighted by Crippen LogP contribution is 2.30. The lowest BCUT2D eigenvalue weighted by Gasteiger charge is -2.07. The molecule has 0 atom stereocenters. The zero-order valence-electron chi connectivity index (χ0n) is 11.1. The summed E-state index contributed by atoms with van der Waals surface area (Å²) in [6, 6.07) is 7.31. The van der Waals surface area contributed by atoms with Gasteiger partial charge in [-0.3, -0.25) is 0 Å². The molecular formula is C16H18FNS. The zero-order chi connectivity index (χ0) is 13.2. The van der Waals surface area contributed by atoms with Crippen LogP contribution in [0, 0.1) is 12.7 Å². The average Bonchev–Trinajstić information content (AvgIpc) is 2.94. The minimum atomic E-state index is -0.155. The standard InChI is InChI=1S/C16H18FNS/c1-11-5-6-14(17)7-13(11)9-18-10-15-8-12-3-2-4-16(12)19-15/h5-8,18H,2-4,9-10H2,1H3. The molecule has 19 heavy (non-hydrogen) atoms. The molecule has 0 aliphatic heterocycles. The van der Waals surface area contributed by atoms with Crippen LogP contribution in [-0.2, 0) is 25.9 Å². The van der Waals surface area contributed by atoms with Crippen LogP contribution >= 0.6 is 11.3 Å². The Bertz CT molecular complexity index is 567. The third-order valence-electron chi connectivity index (χ3n) is 3.72. The van der Waals surface area contributed by atoms with Gasteiger partial charge in [0.15, 0.2) is 0 Å². The summed E-state index contributed by atoms with van der Waals surface area (Å²) >= 11 is 1.93. The maximum absolute atomic E-state index is 13.2. The van der Waals surface area contributed by atoms with Crippen LogP contribution in [0.1, 0.15) is 32.9 Å². The predicted molar refractivity (Wildman–Crippen MR) is 78.0 cm³/mol. The second kappa shape index (κ2) is 5.43. The van der Waals surface area contributed by atoms with Crippen molar-refractivity contribution < 1.29 is 4.39 Å². The van der Waals surface area contributed by atoms with Gasteiger partial charge in [-0.25, -0.2) is 4.39 Å². The molecule has 100 valence electrons. The summed E-state index contributed by atoms with van der Waals surface area (Å²) < 4.78 is 13.2. The maximum atomic E-state index is 13.2. The van der Waals surface area contributed by atoms with Crippen molar-refractivity contribution in [2.75, 3.05) is 0 Å². The Morgan fingerprint density at radius 2 is 2.11 bits per heavy atom. The third-order valence-corrected chi connectivity index (χ3v) is 4.96. The van der Waals surface area contributed by atoms with Gasteiger partial charge in [-0.1, -0.05) is 6.07 Å². The van der Waals surface area contributed by atoms with Crippen molar-refractivity contribution in [1.29, 1.82) is 0 Å². The van der Waals surface area contributed by atoms with Crippen molar-refractivity contribution in [2.24, 2.45) is 0 Å². The Morgan fingerprint density at radius 3 is 2.95 bits per heavy atom. The van der Waals surface area contributed by atoms with E-state index in [9.17, 15) is 4.39 Å². The average molecular weight is 275 g/mol. The number of halogens is 1. The number of hydrogen-bond acceptors (Lipinski definition) is 2. The SMILES string of the molecule is Cc1ccc(F)cc1CNCc1cc2c(s1)CCC2. The van der Waals surface area contributed by atoms with E-state index < -0.39 is 0 Å². The lowest BCUT2D eigenvalue weighted by molar-refractivity contribution is 0.619. The Labute approximate surface area is 117 Å². The first kappa shape index (κ1) is 12.8. The molecule has 0 saturated heterocycles. The molecule has 1 N–H and O–H groups in total. The van der Waals surface area contributed by atoms with Gasteiger partial charge in [0, 0.05) is 22.8 Å². The maximum Gasteiger partial charge on any atom is 0.123 e. The number of hydrogen-bond donors (Lipinski definition) is 1.